The van der Waals surface area contributed by atoms with Crippen molar-refractivity contribution in [1.82, 2.24) is 10.2 Å². The van der Waals surface area contributed by atoms with Gasteiger partial charge >= 0.3 is 0 Å². The maximum absolute atomic E-state index is 3.38. The fourth-order valence-electron chi connectivity index (χ4n) is 2.18. The van der Waals surface area contributed by atoms with Crippen molar-refractivity contribution >= 4 is 0 Å². The van der Waals surface area contributed by atoms with Crippen molar-refractivity contribution in [2.24, 2.45) is 5.92 Å². The summed E-state index contributed by atoms with van der Waals surface area (Å²) in [6.07, 6.45) is 5.83. The predicted molar refractivity (Wildman–Crippen MR) is 60.4 cm³/mol. The average Bonchev–Trinajstić information content (AvgIpc) is 3.02. The summed E-state index contributed by atoms with van der Waals surface area (Å²) in [7, 11) is 2.07. The van der Waals surface area contributed by atoms with Gasteiger partial charge in [0.05, 0.1) is 0 Å². The molecule has 2 atom stereocenters. The second-order valence-electron chi connectivity index (χ2n) is 5.19. The largest absolute Gasteiger partial charge is 0.316 e. The third-order valence-corrected chi connectivity index (χ3v) is 3.88. The molecule has 0 spiro atoms. The van der Waals surface area contributed by atoms with E-state index < -0.39 is 0 Å². The molecule has 2 heteroatoms. The lowest BCUT2D eigenvalue weighted by atomic mass is 10.1. The van der Waals surface area contributed by atoms with Crippen molar-refractivity contribution in [2.75, 3.05) is 13.6 Å². The molecule has 82 valence electrons. The van der Waals surface area contributed by atoms with Crippen molar-refractivity contribution in [1.29, 1.82) is 0 Å². The van der Waals surface area contributed by atoms with Gasteiger partial charge in [-0.3, -0.25) is 4.90 Å². The lowest BCUT2D eigenvalue weighted by molar-refractivity contribution is 0.161. The van der Waals surface area contributed by atoms with Crippen LogP contribution in [0.15, 0.2) is 0 Å². The Labute approximate surface area is 88.1 Å². The monoisotopic (exact) mass is 196 g/mol. The van der Waals surface area contributed by atoms with Crippen molar-refractivity contribution < 1.29 is 0 Å². The van der Waals surface area contributed by atoms with Crippen LogP contribution in [0.3, 0.4) is 0 Å². The van der Waals surface area contributed by atoms with Crippen LogP contribution in [-0.2, 0) is 0 Å². The molecule has 2 rings (SSSR count). The molecular formula is C12H24N2. The molecule has 0 aromatic heterocycles. The van der Waals surface area contributed by atoms with E-state index in [-0.39, 0.29) is 0 Å². The normalized spacial score (nSPS) is 26.6. The van der Waals surface area contributed by atoms with E-state index in [0.717, 1.165) is 12.0 Å². The molecule has 14 heavy (non-hydrogen) atoms. The van der Waals surface area contributed by atoms with Gasteiger partial charge in [-0.2, -0.15) is 0 Å². The number of nitrogens with one attached hydrogen (secondary N) is 1. The fraction of sp³-hybridized carbons (Fsp3) is 1.00. The van der Waals surface area contributed by atoms with Crippen LogP contribution in [0.5, 0.6) is 0 Å². The summed E-state index contributed by atoms with van der Waals surface area (Å²) in [4.78, 5) is 2.75. The highest BCUT2D eigenvalue weighted by atomic mass is 15.2. The quantitative estimate of drug-likeness (QED) is 0.697. The van der Waals surface area contributed by atoms with Gasteiger partial charge in [0.2, 0.25) is 0 Å². The van der Waals surface area contributed by atoms with Crippen LogP contribution < -0.4 is 5.32 Å². The third kappa shape index (κ3) is 2.48. The molecule has 2 fully saturated rings. The van der Waals surface area contributed by atoms with Gasteiger partial charge in [-0.05, 0) is 52.5 Å². The molecule has 2 aliphatic carbocycles. The van der Waals surface area contributed by atoms with E-state index in [1.165, 1.54) is 32.2 Å². The molecule has 2 saturated carbocycles. The fourth-order valence-corrected chi connectivity index (χ4v) is 2.18. The number of rotatable bonds is 6. The first-order valence-corrected chi connectivity index (χ1v) is 6.15. The standard InChI is InChI=1S/C12H24N2/c1-9(13-3)10(2)14(12-6-7-12)8-11-4-5-11/h9-13H,4-8H2,1-3H3. The maximum Gasteiger partial charge on any atom is 0.0221 e. The highest BCUT2D eigenvalue weighted by Gasteiger charge is 2.37. The SMILES string of the molecule is CNC(C)C(C)N(CC1CC1)C1CC1. The third-order valence-electron chi connectivity index (χ3n) is 3.88. The lowest BCUT2D eigenvalue weighted by Crippen LogP contribution is -2.47. The summed E-state index contributed by atoms with van der Waals surface area (Å²) in [5.74, 6) is 1.03. The van der Waals surface area contributed by atoms with E-state index in [0.29, 0.717) is 12.1 Å². The Morgan fingerprint density at radius 3 is 2.29 bits per heavy atom. The van der Waals surface area contributed by atoms with Gasteiger partial charge in [-0.15, -0.1) is 0 Å². The van der Waals surface area contributed by atoms with Gasteiger partial charge in [0, 0.05) is 24.7 Å². The Balaban J connectivity index is 1.86. The zero-order chi connectivity index (χ0) is 10.1. The van der Waals surface area contributed by atoms with Crippen LogP contribution >= 0.6 is 0 Å². The van der Waals surface area contributed by atoms with Crippen LogP contribution in [0.2, 0.25) is 0 Å². The van der Waals surface area contributed by atoms with Gasteiger partial charge in [0.1, 0.15) is 0 Å². The Bertz CT molecular complexity index is 185. The Kier molecular flexibility index (Phi) is 3.13. The van der Waals surface area contributed by atoms with E-state index in [2.05, 4.69) is 31.1 Å². The minimum Gasteiger partial charge on any atom is -0.316 e. The van der Waals surface area contributed by atoms with Crippen LogP contribution in [-0.4, -0.2) is 36.6 Å². The zero-order valence-corrected chi connectivity index (χ0v) is 9.79. The second-order valence-corrected chi connectivity index (χ2v) is 5.19. The highest BCUT2D eigenvalue weighted by Crippen LogP contribution is 2.36. The van der Waals surface area contributed by atoms with Crippen LogP contribution in [0, 0.1) is 5.92 Å². The second kappa shape index (κ2) is 4.19. The molecule has 0 aliphatic heterocycles. The predicted octanol–water partition coefficient (Wildman–Crippen LogP) is 1.86. The van der Waals surface area contributed by atoms with E-state index in [1.54, 1.807) is 0 Å². The first kappa shape index (κ1) is 10.4. The molecule has 2 unspecified atom stereocenters. The van der Waals surface area contributed by atoms with Crippen LogP contribution in [0.1, 0.15) is 39.5 Å². The van der Waals surface area contributed by atoms with E-state index >= 15 is 0 Å². The Morgan fingerprint density at radius 1 is 1.21 bits per heavy atom. The molecule has 2 nitrogen and oxygen atoms in total. The first-order valence-electron chi connectivity index (χ1n) is 6.15. The molecular weight excluding hydrogens is 172 g/mol. The van der Waals surface area contributed by atoms with E-state index in [9.17, 15) is 0 Å². The molecule has 0 radical (unpaired) electrons. The van der Waals surface area contributed by atoms with Gasteiger partial charge in [-0.1, -0.05) is 0 Å². The topological polar surface area (TPSA) is 15.3 Å². The summed E-state index contributed by atoms with van der Waals surface area (Å²) in [5, 5.41) is 3.38. The van der Waals surface area contributed by atoms with Gasteiger partial charge in [0.25, 0.3) is 0 Å². The molecule has 0 bridgehead atoms. The number of nitrogens with zero attached hydrogens (tertiary/aromatic N) is 1. The average molecular weight is 196 g/mol. The van der Waals surface area contributed by atoms with Crippen LogP contribution in [0.25, 0.3) is 0 Å². The summed E-state index contributed by atoms with van der Waals surface area (Å²) in [5.41, 5.74) is 0. The van der Waals surface area contributed by atoms with Gasteiger partial charge in [-0.25, -0.2) is 0 Å². The summed E-state index contributed by atoms with van der Waals surface area (Å²) < 4.78 is 0. The zero-order valence-electron chi connectivity index (χ0n) is 9.79. The Morgan fingerprint density at radius 2 is 1.86 bits per heavy atom. The molecule has 0 amide bonds. The van der Waals surface area contributed by atoms with Crippen molar-refractivity contribution in [3.63, 3.8) is 0 Å². The lowest BCUT2D eigenvalue weighted by Gasteiger charge is -2.33. The molecule has 0 aromatic rings. The van der Waals surface area contributed by atoms with E-state index in [4.69, 9.17) is 0 Å². The molecule has 0 heterocycles. The van der Waals surface area contributed by atoms with Crippen molar-refractivity contribution in [2.45, 2.75) is 57.7 Å². The summed E-state index contributed by atoms with van der Waals surface area (Å²) in [6.45, 7) is 6.03. The molecule has 0 saturated heterocycles. The van der Waals surface area contributed by atoms with Crippen molar-refractivity contribution in [3.8, 4) is 0 Å². The highest BCUT2D eigenvalue weighted by molar-refractivity contribution is 4.93. The first-order chi connectivity index (χ1) is 6.72. The summed E-state index contributed by atoms with van der Waals surface area (Å²) >= 11 is 0. The molecule has 2 aliphatic rings. The van der Waals surface area contributed by atoms with Crippen LogP contribution in [0.4, 0.5) is 0 Å². The summed E-state index contributed by atoms with van der Waals surface area (Å²) in [6, 6.07) is 2.24. The Hall–Kier alpha value is -0.0800. The number of hydrogen-bond acceptors (Lipinski definition) is 2. The van der Waals surface area contributed by atoms with Gasteiger partial charge < -0.3 is 5.32 Å². The molecule has 0 aromatic carbocycles. The van der Waals surface area contributed by atoms with Gasteiger partial charge in [0.15, 0.2) is 0 Å². The van der Waals surface area contributed by atoms with E-state index in [1.807, 2.05) is 0 Å². The minimum absolute atomic E-state index is 0.620. The maximum atomic E-state index is 3.38. The minimum atomic E-state index is 0.620. The number of hydrogen-bond donors (Lipinski definition) is 1. The number of likely N-dealkylation sites (N-methyl/N-ethyl adjacent to an activating group) is 1. The van der Waals surface area contributed by atoms with Crippen molar-refractivity contribution in [3.05, 3.63) is 0 Å². The molecule has 1 N–H and O–H groups in total. The smallest absolute Gasteiger partial charge is 0.0221 e.